The van der Waals surface area contributed by atoms with Gasteiger partial charge in [0.05, 0.1) is 0 Å². The van der Waals surface area contributed by atoms with E-state index in [2.05, 4.69) is 10.2 Å². The van der Waals surface area contributed by atoms with Gasteiger partial charge in [-0.1, -0.05) is 35.5 Å². The van der Waals surface area contributed by atoms with Crippen molar-refractivity contribution >= 4 is 23.4 Å². The van der Waals surface area contributed by atoms with E-state index in [4.69, 9.17) is 16.3 Å². The molecule has 1 aromatic heterocycles. The molecule has 3 rings (SSSR count). The zero-order chi connectivity index (χ0) is 18.7. The summed E-state index contributed by atoms with van der Waals surface area (Å²) in [5, 5.41) is 9.96. The van der Waals surface area contributed by atoms with Crippen LogP contribution in [0.2, 0.25) is 5.02 Å². The molecule has 7 heteroatoms. The van der Waals surface area contributed by atoms with Crippen molar-refractivity contribution in [1.29, 1.82) is 0 Å². The number of benzene rings is 2. The molecule has 0 aliphatic rings. The summed E-state index contributed by atoms with van der Waals surface area (Å²) >= 11 is 7.73. The lowest BCUT2D eigenvalue weighted by molar-refractivity contribution is 0.290. The molecule has 0 N–H and O–H groups in total. The first-order valence-corrected chi connectivity index (χ1v) is 9.45. The number of nitrogens with zero attached hydrogens (tertiary/aromatic N) is 3. The molecule has 0 aliphatic heterocycles. The van der Waals surface area contributed by atoms with Crippen molar-refractivity contribution in [1.82, 2.24) is 14.8 Å². The largest absolute Gasteiger partial charge is 0.486 e. The highest BCUT2D eigenvalue weighted by Gasteiger charge is 2.11. The van der Waals surface area contributed by atoms with Crippen molar-refractivity contribution in [2.45, 2.75) is 31.4 Å². The lowest BCUT2D eigenvalue weighted by Gasteiger charge is -2.10. The summed E-state index contributed by atoms with van der Waals surface area (Å²) in [6.45, 7) is 4.23. The van der Waals surface area contributed by atoms with Crippen LogP contribution in [0.5, 0.6) is 5.75 Å². The molecule has 0 saturated heterocycles. The van der Waals surface area contributed by atoms with Gasteiger partial charge in [0, 0.05) is 17.8 Å². The molecule has 0 radical (unpaired) electrons. The second kappa shape index (κ2) is 8.10. The van der Waals surface area contributed by atoms with Gasteiger partial charge >= 0.3 is 0 Å². The first-order valence-electron chi connectivity index (χ1n) is 8.09. The molecule has 0 bridgehead atoms. The van der Waals surface area contributed by atoms with E-state index < -0.39 is 0 Å². The molecule has 1 heterocycles. The Morgan fingerprint density at radius 3 is 2.42 bits per heavy atom. The van der Waals surface area contributed by atoms with Crippen LogP contribution in [0.4, 0.5) is 4.39 Å². The predicted molar refractivity (Wildman–Crippen MR) is 102 cm³/mol. The van der Waals surface area contributed by atoms with Crippen LogP contribution in [-0.4, -0.2) is 14.8 Å². The summed E-state index contributed by atoms with van der Waals surface area (Å²) in [6, 6.07) is 10.3. The monoisotopic (exact) mass is 391 g/mol. The van der Waals surface area contributed by atoms with Gasteiger partial charge in [-0.3, -0.25) is 0 Å². The number of halogens is 2. The van der Waals surface area contributed by atoms with Crippen LogP contribution < -0.4 is 4.74 Å². The highest BCUT2D eigenvalue weighted by Crippen LogP contribution is 2.27. The Hall–Kier alpha value is -2.05. The molecule has 0 fully saturated rings. The van der Waals surface area contributed by atoms with E-state index in [1.165, 1.54) is 12.1 Å². The predicted octanol–water partition coefficient (Wildman–Crippen LogP) is 5.10. The highest BCUT2D eigenvalue weighted by atomic mass is 35.5. The average molecular weight is 392 g/mol. The van der Waals surface area contributed by atoms with Crippen molar-refractivity contribution in [2.75, 3.05) is 0 Å². The molecule has 0 aliphatic carbocycles. The van der Waals surface area contributed by atoms with Crippen LogP contribution in [0.15, 0.2) is 41.6 Å². The number of hydrogen-bond acceptors (Lipinski definition) is 4. The number of aryl methyl sites for hydroxylation is 2. The number of rotatable bonds is 6. The second-order valence-corrected chi connectivity index (χ2v) is 7.35. The first kappa shape index (κ1) is 18.7. The summed E-state index contributed by atoms with van der Waals surface area (Å²) < 4.78 is 20.7. The Labute approximate surface area is 161 Å². The van der Waals surface area contributed by atoms with Crippen LogP contribution in [0.25, 0.3) is 0 Å². The Bertz CT molecular complexity index is 889. The van der Waals surface area contributed by atoms with E-state index in [1.54, 1.807) is 23.9 Å². The molecule has 136 valence electrons. The smallest absolute Gasteiger partial charge is 0.191 e. The molecule has 0 amide bonds. The summed E-state index contributed by atoms with van der Waals surface area (Å²) in [6.07, 6.45) is 0. The van der Waals surface area contributed by atoms with Gasteiger partial charge in [0.1, 0.15) is 18.2 Å². The van der Waals surface area contributed by atoms with Crippen LogP contribution in [0.1, 0.15) is 22.5 Å². The van der Waals surface area contributed by atoms with E-state index in [0.29, 0.717) is 12.4 Å². The maximum Gasteiger partial charge on any atom is 0.191 e. The van der Waals surface area contributed by atoms with E-state index in [9.17, 15) is 4.39 Å². The van der Waals surface area contributed by atoms with E-state index >= 15 is 0 Å². The summed E-state index contributed by atoms with van der Waals surface area (Å²) in [4.78, 5) is 0. The zero-order valence-corrected chi connectivity index (χ0v) is 16.4. The van der Waals surface area contributed by atoms with E-state index in [-0.39, 0.29) is 5.82 Å². The van der Waals surface area contributed by atoms with E-state index in [0.717, 1.165) is 38.4 Å². The van der Waals surface area contributed by atoms with Crippen LogP contribution in [-0.2, 0) is 19.4 Å². The third kappa shape index (κ3) is 4.37. The zero-order valence-electron chi connectivity index (χ0n) is 14.8. The Kier molecular flexibility index (Phi) is 5.84. The Morgan fingerprint density at radius 2 is 1.77 bits per heavy atom. The van der Waals surface area contributed by atoms with Gasteiger partial charge < -0.3 is 9.30 Å². The molecule has 0 unspecified atom stereocenters. The average Bonchev–Trinajstić information content (AvgIpc) is 2.97. The molecule has 0 spiro atoms. The minimum absolute atomic E-state index is 0.232. The minimum Gasteiger partial charge on any atom is -0.486 e. The standard InChI is InChI=1S/C19H19ClFN3OS/c1-12-8-16(9-13(2)18(12)20)25-10-17-22-23-19(24(17)3)26-11-14-4-6-15(21)7-5-14/h4-9H,10-11H2,1-3H3. The molecule has 3 aromatic rings. The molecule has 2 aromatic carbocycles. The third-order valence-electron chi connectivity index (χ3n) is 3.98. The number of hydrogen-bond donors (Lipinski definition) is 0. The van der Waals surface area contributed by atoms with Crippen molar-refractivity contribution in [3.05, 3.63) is 69.8 Å². The molecule has 0 saturated carbocycles. The van der Waals surface area contributed by atoms with Gasteiger partial charge in [-0.25, -0.2) is 4.39 Å². The molecular weight excluding hydrogens is 373 g/mol. The number of thioether (sulfide) groups is 1. The lowest BCUT2D eigenvalue weighted by atomic mass is 10.1. The van der Waals surface area contributed by atoms with Gasteiger partial charge in [0.25, 0.3) is 0 Å². The topological polar surface area (TPSA) is 39.9 Å². The SMILES string of the molecule is Cc1cc(OCc2nnc(SCc3ccc(F)cc3)n2C)cc(C)c1Cl. The number of aromatic nitrogens is 3. The Balaban J connectivity index is 1.62. The summed E-state index contributed by atoms with van der Waals surface area (Å²) in [5.41, 5.74) is 3.00. The highest BCUT2D eigenvalue weighted by molar-refractivity contribution is 7.98. The normalized spacial score (nSPS) is 11.0. The van der Waals surface area contributed by atoms with Gasteiger partial charge in [0.15, 0.2) is 11.0 Å². The first-order chi connectivity index (χ1) is 12.4. The van der Waals surface area contributed by atoms with Crippen molar-refractivity contribution in [3.63, 3.8) is 0 Å². The van der Waals surface area contributed by atoms with Crippen molar-refractivity contribution < 1.29 is 9.13 Å². The molecule has 0 atom stereocenters. The fraction of sp³-hybridized carbons (Fsp3) is 0.263. The van der Waals surface area contributed by atoms with Crippen LogP contribution in [0, 0.1) is 19.7 Å². The van der Waals surface area contributed by atoms with Crippen molar-refractivity contribution in [2.24, 2.45) is 7.05 Å². The maximum atomic E-state index is 13.0. The maximum absolute atomic E-state index is 13.0. The quantitative estimate of drug-likeness (QED) is 0.548. The summed E-state index contributed by atoms with van der Waals surface area (Å²) in [5.74, 6) is 1.96. The van der Waals surface area contributed by atoms with Crippen molar-refractivity contribution in [3.8, 4) is 5.75 Å². The fourth-order valence-corrected chi connectivity index (χ4v) is 3.46. The van der Waals surface area contributed by atoms with Gasteiger partial charge in [-0.05, 0) is 54.8 Å². The molecule has 26 heavy (non-hydrogen) atoms. The second-order valence-electron chi connectivity index (χ2n) is 6.03. The van der Waals surface area contributed by atoms with Gasteiger partial charge in [-0.15, -0.1) is 10.2 Å². The lowest BCUT2D eigenvalue weighted by Crippen LogP contribution is -2.04. The minimum atomic E-state index is -0.232. The summed E-state index contributed by atoms with van der Waals surface area (Å²) in [7, 11) is 1.91. The molecule has 4 nitrogen and oxygen atoms in total. The molecular formula is C19H19ClFN3OS. The van der Waals surface area contributed by atoms with Gasteiger partial charge in [0.2, 0.25) is 0 Å². The fourth-order valence-electron chi connectivity index (χ4n) is 2.46. The third-order valence-corrected chi connectivity index (χ3v) is 5.67. The van der Waals surface area contributed by atoms with E-state index in [1.807, 2.05) is 37.6 Å². The van der Waals surface area contributed by atoms with Crippen LogP contribution >= 0.6 is 23.4 Å². The van der Waals surface area contributed by atoms with Gasteiger partial charge in [-0.2, -0.15) is 0 Å². The van der Waals surface area contributed by atoms with Crippen LogP contribution in [0.3, 0.4) is 0 Å². The number of ether oxygens (including phenoxy) is 1. The Morgan fingerprint density at radius 1 is 1.12 bits per heavy atom.